The van der Waals surface area contributed by atoms with E-state index in [2.05, 4.69) is 11.9 Å². The first-order valence-corrected chi connectivity index (χ1v) is 11.0. The van der Waals surface area contributed by atoms with E-state index in [0.29, 0.717) is 34.4 Å². The van der Waals surface area contributed by atoms with Gasteiger partial charge >= 0.3 is 0 Å². The molecule has 1 atom stereocenters. The van der Waals surface area contributed by atoms with Gasteiger partial charge in [-0.1, -0.05) is 37.3 Å². The molecule has 1 amide bonds. The van der Waals surface area contributed by atoms with Gasteiger partial charge in [0, 0.05) is 18.5 Å². The zero-order chi connectivity index (χ0) is 22.2. The van der Waals surface area contributed by atoms with E-state index < -0.39 is 5.82 Å². The van der Waals surface area contributed by atoms with E-state index in [1.54, 1.807) is 10.6 Å². The van der Waals surface area contributed by atoms with Gasteiger partial charge in [0.2, 0.25) is 5.91 Å². The van der Waals surface area contributed by atoms with E-state index in [-0.39, 0.29) is 18.0 Å². The number of aromatic nitrogens is 3. The molecule has 1 fully saturated rings. The van der Waals surface area contributed by atoms with Crippen molar-refractivity contribution in [1.29, 1.82) is 0 Å². The van der Waals surface area contributed by atoms with Gasteiger partial charge in [-0.15, -0.1) is 0 Å². The number of rotatable bonds is 4. The summed E-state index contributed by atoms with van der Waals surface area (Å²) in [5.41, 5.74) is 2.14. The van der Waals surface area contributed by atoms with Gasteiger partial charge in [-0.05, 0) is 42.5 Å². The fraction of sp³-hybridized carbons (Fsp3) is 0.320. The van der Waals surface area contributed by atoms with Gasteiger partial charge in [-0.25, -0.2) is 9.37 Å². The van der Waals surface area contributed by atoms with Crippen LogP contribution in [-0.4, -0.2) is 38.0 Å². The predicted molar refractivity (Wildman–Crippen MR) is 122 cm³/mol. The molecule has 3 heterocycles. The molecule has 7 heteroatoms. The Labute approximate surface area is 184 Å². The summed E-state index contributed by atoms with van der Waals surface area (Å²) < 4.78 is 17.3. The molecule has 5 rings (SSSR count). The highest BCUT2D eigenvalue weighted by Gasteiger charge is 2.24. The third-order valence-corrected chi connectivity index (χ3v) is 6.29. The van der Waals surface area contributed by atoms with Crippen molar-refractivity contribution in [3.63, 3.8) is 0 Å². The number of carbonyl (C=O) groups excluding carboxylic acids is 1. The van der Waals surface area contributed by atoms with Crippen LogP contribution in [0.1, 0.15) is 25.3 Å². The molecule has 2 aromatic carbocycles. The summed E-state index contributed by atoms with van der Waals surface area (Å²) >= 11 is 0. The molecule has 1 aliphatic heterocycles. The van der Waals surface area contributed by atoms with Crippen LogP contribution in [0.15, 0.2) is 59.7 Å². The molecule has 0 N–H and O–H groups in total. The average molecular weight is 432 g/mol. The molecule has 32 heavy (non-hydrogen) atoms. The fourth-order valence-corrected chi connectivity index (χ4v) is 4.68. The highest BCUT2D eigenvalue weighted by Crippen LogP contribution is 2.27. The van der Waals surface area contributed by atoms with Gasteiger partial charge < -0.3 is 9.47 Å². The van der Waals surface area contributed by atoms with Crippen LogP contribution in [0.2, 0.25) is 0 Å². The number of benzene rings is 2. The second kappa shape index (κ2) is 8.22. The lowest BCUT2D eigenvalue weighted by Crippen LogP contribution is -2.41. The number of fused-ring (bicyclic) bond motifs is 3. The van der Waals surface area contributed by atoms with Crippen LogP contribution in [-0.2, 0) is 17.9 Å². The Kier molecular flexibility index (Phi) is 5.25. The maximum absolute atomic E-state index is 14.0. The van der Waals surface area contributed by atoms with Crippen molar-refractivity contribution in [2.45, 2.75) is 32.9 Å². The molecular weight excluding hydrogens is 407 g/mol. The Balaban J connectivity index is 1.62. The normalized spacial score (nSPS) is 16.7. The van der Waals surface area contributed by atoms with Crippen molar-refractivity contribution in [1.82, 2.24) is 19.0 Å². The average Bonchev–Trinajstić information content (AvgIpc) is 3.09. The molecule has 2 aromatic heterocycles. The minimum absolute atomic E-state index is 0.0301. The summed E-state index contributed by atoms with van der Waals surface area (Å²) in [6, 6.07) is 14.0. The Morgan fingerprint density at radius 1 is 1.19 bits per heavy atom. The number of halogens is 1. The van der Waals surface area contributed by atoms with Crippen LogP contribution >= 0.6 is 0 Å². The Hall–Kier alpha value is -3.48. The Morgan fingerprint density at radius 2 is 2.00 bits per heavy atom. The smallest absolute Gasteiger partial charge is 0.278 e. The summed E-state index contributed by atoms with van der Waals surface area (Å²) in [7, 11) is 0. The maximum atomic E-state index is 14.0. The number of likely N-dealkylation sites (tertiary alicyclic amines) is 1. The number of carbonyl (C=O) groups is 1. The second-order valence-corrected chi connectivity index (χ2v) is 8.70. The first-order chi connectivity index (χ1) is 15.5. The Morgan fingerprint density at radius 3 is 2.78 bits per heavy atom. The van der Waals surface area contributed by atoms with Crippen LogP contribution in [0.3, 0.4) is 0 Å². The van der Waals surface area contributed by atoms with Gasteiger partial charge in [-0.2, -0.15) is 0 Å². The predicted octanol–water partition coefficient (Wildman–Crippen LogP) is 3.80. The lowest BCUT2D eigenvalue weighted by molar-refractivity contribution is -0.133. The van der Waals surface area contributed by atoms with E-state index in [0.717, 1.165) is 31.5 Å². The van der Waals surface area contributed by atoms with Crippen LogP contribution < -0.4 is 5.56 Å². The Bertz CT molecular complexity index is 1360. The SMILES string of the molecule is C[C@@H]1CCCN(C(=O)Cn2c3ccc(F)cc3c3ncn(Cc4ccccc4)c(=O)c32)C1. The number of amides is 1. The van der Waals surface area contributed by atoms with Crippen LogP contribution in [0.5, 0.6) is 0 Å². The first-order valence-electron chi connectivity index (χ1n) is 11.0. The summed E-state index contributed by atoms with van der Waals surface area (Å²) in [6.07, 6.45) is 3.60. The van der Waals surface area contributed by atoms with Crippen LogP contribution in [0.4, 0.5) is 4.39 Å². The molecular formula is C25H25FN4O2. The van der Waals surface area contributed by atoms with Crippen molar-refractivity contribution in [3.8, 4) is 0 Å². The molecule has 1 saturated heterocycles. The van der Waals surface area contributed by atoms with Crippen molar-refractivity contribution in [2.75, 3.05) is 13.1 Å². The highest BCUT2D eigenvalue weighted by molar-refractivity contribution is 6.06. The van der Waals surface area contributed by atoms with Crippen molar-refractivity contribution < 1.29 is 9.18 Å². The third kappa shape index (κ3) is 3.68. The molecule has 0 aliphatic carbocycles. The van der Waals surface area contributed by atoms with Crippen LogP contribution in [0, 0.1) is 11.7 Å². The summed E-state index contributed by atoms with van der Waals surface area (Å²) in [6.45, 7) is 4.00. The van der Waals surface area contributed by atoms with Crippen molar-refractivity contribution in [2.24, 2.45) is 5.92 Å². The van der Waals surface area contributed by atoms with Crippen molar-refractivity contribution in [3.05, 3.63) is 76.6 Å². The number of nitrogens with zero attached hydrogens (tertiary/aromatic N) is 4. The molecule has 4 aromatic rings. The third-order valence-electron chi connectivity index (χ3n) is 6.29. The minimum Gasteiger partial charge on any atom is -0.341 e. The number of hydrogen-bond acceptors (Lipinski definition) is 3. The molecule has 0 spiro atoms. The van der Waals surface area contributed by atoms with Gasteiger partial charge in [0.25, 0.3) is 5.56 Å². The molecule has 164 valence electrons. The topological polar surface area (TPSA) is 60.1 Å². The standard InChI is InChI=1S/C25H25FN4O2/c1-17-6-5-11-28(13-17)22(31)15-30-21-10-9-19(26)12-20(21)23-24(30)25(32)29(16-27-23)14-18-7-3-2-4-8-18/h2-4,7-10,12,16-17H,5-6,11,13-15H2,1H3/t17-/m1/s1. The summed E-state index contributed by atoms with van der Waals surface area (Å²) in [5, 5.41) is 0.545. The van der Waals surface area contributed by atoms with Gasteiger partial charge in [0.05, 0.1) is 18.4 Å². The van der Waals surface area contributed by atoms with E-state index >= 15 is 0 Å². The molecule has 0 unspecified atom stereocenters. The zero-order valence-corrected chi connectivity index (χ0v) is 18.0. The quantitative estimate of drug-likeness (QED) is 0.493. The van der Waals surface area contributed by atoms with E-state index in [1.807, 2.05) is 35.2 Å². The summed E-state index contributed by atoms with van der Waals surface area (Å²) in [4.78, 5) is 33.0. The monoisotopic (exact) mass is 432 g/mol. The van der Waals surface area contributed by atoms with Crippen LogP contribution in [0.25, 0.3) is 21.9 Å². The second-order valence-electron chi connectivity index (χ2n) is 8.70. The molecule has 1 aliphatic rings. The lowest BCUT2D eigenvalue weighted by atomic mass is 10.0. The minimum atomic E-state index is -0.400. The lowest BCUT2D eigenvalue weighted by Gasteiger charge is -2.31. The fourth-order valence-electron chi connectivity index (χ4n) is 4.68. The maximum Gasteiger partial charge on any atom is 0.278 e. The van der Waals surface area contributed by atoms with Gasteiger partial charge in [0.1, 0.15) is 23.4 Å². The summed E-state index contributed by atoms with van der Waals surface area (Å²) in [5.74, 6) is 0.0326. The molecule has 6 nitrogen and oxygen atoms in total. The highest BCUT2D eigenvalue weighted by atomic mass is 19.1. The zero-order valence-electron chi connectivity index (χ0n) is 18.0. The van der Waals surface area contributed by atoms with E-state index in [9.17, 15) is 14.0 Å². The largest absolute Gasteiger partial charge is 0.341 e. The number of hydrogen-bond donors (Lipinski definition) is 0. The van der Waals surface area contributed by atoms with Gasteiger partial charge in [-0.3, -0.25) is 14.2 Å². The van der Waals surface area contributed by atoms with Crippen molar-refractivity contribution >= 4 is 27.8 Å². The van der Waals surface area contributed by atoms with E-state index in [4.69, 9.17) is 0 Å². The van der Waals surface area contributed by atoms with Gasteiger partial charge in [0.15, 0.2) is 0 Å². The molecule has 0 radical (unpaired) electrons. The molecule has 0 saturated carbocycles. The first kappa shape index (κ1) is 20.4. The number of piperidine rings is 1. The molecule has 0 bridgehead atoms. The van der Waals surface area contributed by atoms with E-state index in [1.165, 1.54) is 23.0 Å².